The molecule has 2 nitrogen and oxygen atoms in total. The second-order valence-electron chi connectivity index (χ2n) is 4.43. The van der Waals surface area contributed by atoms with E-state index in [2.05, 4.69) is 57.4 Å². The van der Waals surface area contributed by atoms with Crippen LogP contribution in [0.1, 0.15) is 29.8 Å². The molecule has 1 atom stereocenters. The minimum atomic E-state index is 0.307. The van der Waals surface area contributed by atoms with Gasteiger partial charge in [-0.15, -0.1) is 0 Å². The third kappa shape index (κ3) is 3.40. The Hall–Kier alpha value is -1.19. The Balaban J connectivity index is 1.98. The number of pyridine rings is 1. The molecule has 1 unspecified atom stereocenters. The van der Waals surface area contributed by atoms with Crippen molar-refractivity contribution in [1.82, 2.24) is 10.3 Å². The van der Waals surface area contributed by atoms with Crippen molar-refractivity contribution >= 4 is 15.9 Å². The maximum Gasteiger partial charge on any atom is 0.0372 e. The highest BCUT2D eigenvalue weighted by Gasteiger charge is 2.07. The molecular weight excluding hydrogens is 288 g/mol. The predicted molar refractivity (Wildman–Crippen MR) is 78.4 cm³/mol. The lowest BCUT2D eigenvalue weighted by Gasteiger charge is -2.15. The molecule has 0 bridgehead atoms. The zero-order valence-corrected chi connectivity index (χ0v) is 12.2. The van der Waals surface area contributed by atoms with E-state index in [0.29, 0.717) is 6.04 Å². The summed E-state index contributed by atoms with van der Waals surface area (Å²) in [6.07, 6.45) is 1.93. The van der Waals surface area contributed by atoms with Crippen LogP contribution in [0.4, 0.5) is 0 Å². The first-order valence-electron chi connectivity index (χ1n) is 6.06. The topological polar surface area (TPSA) is 24.9 Å². The lowest BCUT2D eigenvalue weighted by atomic mass is 10.1. The molecule has 0 aliphatic heterocycles. The molecule has 1 N–H and O–H groups in total. The van der Waals surface area contributed by atoms with Gasteiger partial charge < -0.3 is 5.32 Å². The molecular formula is C15H17BrN2. The number of aryl methyl sites for hydroxylation is 1. The summed E-state index contributed by atoms with van der Waals surface area (Å²) >= 11 is 3.58. The predicted octanol–water partition coefficient (Wildman–Crippen LogP) is 4.00. The van der Waals surface area contributed by atoms with Gasteiger partial charge in [0.1, 0.15) is 0 Å². The molecule has 1 aromatic carbocycles. The van der Waals surface area contributed by atoms with Gasteiger partial charge in [0.05, 0.1) is 0 Å². The molecule has 0 aliphatic carbocycles. The molecule has 1 heterocycles. The van der Waals surface area contributed by atoms with Crippen LogP contribution in [0.2, 0.25) is 0 Å². The van der Waals surface area contributed by atoms with E-state index in [1.165, 1.54) is 11.1 Å². The molecule has 1 aromatic heterocycles. The average molecular weight is 305 g/mol. The summed E-state index contributed by atoms with van der Waals surface area (Å²) in [5.74, 6) is 0. The second-order valence-corrected chi connectivity index (χ2v) is 5.29. The highest BCUT2D eigenvalue weighted by Crippen LogP contribution is 2.22. The third-order valence-electron chi connectivity index (χ3n) is 2.96. The molecule has 3 heteroatoms. The smallest absolute Gasteiger partial charge is 0.0372 e. The largest absolute Gasteiger partial charge is 0.306 e. The average Bonchev–Trinajstić information content (AvgIpc) is 2.38. The van der Waals surface area contributed by atoms with Crippen molar-refractivity contribution in [3.63, 3.8) is 0 Å². The first-order valence-corrected chi connectivity index (χ1v) is 6.85. The molecule has 2 aromatic rings. The van der Waals surface area contributed by atoms with Crippen LogP contribution >= 0.6 is 15.9 Å². The van der Waals surface area contributed by atoms with Crippen molar-refractivity contribution in [1.29, 1.82) is 0 Å². The fraction of sp³-hybridized carbons (Fsp3) is 0.267. The van der Waals surface area contributed by atoms with Gasteiger partial charge in [-0.2, -0.15) is 0 Å². The second kappa shape index (κ2) is 6.12. The Kier molecular flexibility index (Phi) is 4.50. The van der Waals surface area contributed by atoms with Gasteiger partial charge in [0, 0.05) is 29.0 Å². The van der Waals surface area contributed by atoms with Crippen molar-refractivity contribution in [2.24, 2.45) is 0 Å². The van der Waals surface area contributed by atoms with Gasteiger partial charge in [0.25, 0.3) is 0 Å². The van der Waals surface area contributed by atoms with Crippen LogP contribution < -0.4 is 5.32 Å². The van der Waals surface area contributed by atoms with Crippen molar-refractivity contribution in [2.75, 3.05) is 0 Å². The van der Waals surface area contributed by atoms with Crippen LogP contribution in [0.25, 0.3) is 0 Å². The molecule has 2 rings (SSSR count). The van der Waals surface area contributed by atoms with Crippen molar-refractivity contribution < 1.29 is 0 Å². The first kappa shape index (κ1) is 13.2. The summed E-state index contributed by atoms with van der Waals surface area (Å²) in [5, 5.41) is 3.51. The number of hydrogen-bond acceptors (Lipinski definition) is 2. The summed E-state index contributed by atoms with van der Waals surface area (Å²) in [5.41, 5.74) is 3.54. The minimum Gasteiger partial charge on any atom is -0.306 e. The zero-order chi connectivity index (χ0) is 13.0. The van der Waals surface area contributed by atoms with E-state index in [0.717, 1.165) is 16.7 Å². The van der Waals surface area contributed by atoms with E-state index in [1.807, 2.05) is 25.3 Å². The van der Waals surface area contributed by atoms with Gasteiger partial charge in [-0.1, -0.05) is 40.2 Å². The number of nitrogens with one attached hydrogen (secondary N) is 1. The summed E-state index contributed by atoms with van der Waals surface area (Å²) < 4.78 is 1.15. The van der Waals surface area contributed by atoms with Crippen LogP contribution in [0, 0.1) is 6.92 Å². The lowest BCUT2D eigenvalue weighted by molar-refractivity contribution is 0.572. The van der Waals surface area contributed by atoms with Crippen LogP contribution in [0.15, 0.2) is 47.1 Å². The quantitative estimate of drug-likeness (QED) is 0.923. The Morgan fingerprint density at radius 1 is 1.22 bits per heavy atom. The maximum atomic E-state index is 4.30. The summed E-state index contributed by atoms with van der Waals surface area (Å²) in [7, 11) is 0. The Morgan fingerprint density at radius 2 is 2.00 bits per heavy atom. The van der Waals surface area contributed by atoms with E-state index in [-0.39, 0.29) is 0 Å². The van der Waals surface area contributed by atoms with Gasteiger partial charge in [-0.05, 0) is 37.1 Å². The monoisotopic (exact) mass is 304 g/mol. The van der Waals surface area contributed by atoms with Crippen LogP contribution in [-0.2, 0) is 6.54 Å². The highest BCUT2D eigenvalue weighted by atomic mass is 79.9. The van der Waals surface area contributed by atoms with Gasteiger partial charge >= 0.3 is 0 Å². The third-order valence-corrected chi connectivity index (χ3v) is 3.68. The fourth-order valence-corrected chi connectivity index (χ4v) is 2.44. The molecule has 0 saturated carbocycles. The van der Waals surface area contributed by atoms with E-state index < -0.39 is 0 Å². The van der Waals surface area contributed by atoms with Crippen molar-refractivity contribution in [2.45, 2.75) is 26.4 Å². The van der Waals surface area contributed by atoms with Crippen LogP contribution in [0.5, 0.6) is 0 Å². The molecule has 0 aliphatic rings. The Labute approximate surface area is 117 Å². The number of rotatable bonds is 4. The molecule has 18 heavy (non-hydrogen) atoms. The SMILES string of the molecule is Cc1ccc(CNC(C)c2ccccc2Br)cn1. The summed E-state index contributed by atoms with van der Waals surface area (Å²) in [4.78, 5) is 4.30. The molecule has 94 valence electrons. The van der Waals surface area contributed by atoms with Gasteiger partial charge in [0.15, 0.2) is 0 Å². The van der Waals surface area contributed by atoms with E-state index in [9.17, 15) is 0 Å². The summed E-state index contributed by atoms with van der Waals surface area (Å²) in [6.45, 7) is 5.00. The first-order chi connectivity index (χ1) is 8.66. The number of aromatic nitrogens is 1. The molecule has 0 saturated heterocycles. The fourth-order valence-electron chi connectivity index (χ4n) is 1.81. The van der Waals surface area contributed by atoms with Gasteiger partial charge in [-0.25, -0.2) is 0 Å². The van der Waals surface area contributed by atoms with Crippen LogP contribution in [-0.4, -0.2) is 4.98 Å². The molecule has 0 fully saturated rings. The highest BCUT2D eigenvalue weighted by molar-refractivity contribution is 9.10. The van der Waals surface area contributed by atoms with Crippen LogP contribution in [0.3, 0.4) is 0 Å². The summed E-state index contributed by atoms with van der Waals surface area (Å²) in [6, 6.07) is 12.8. The number of hydrogen-bond donors (Lipinski definition) is 1. The van der Waals surface area contributed by atoms with E-state index in [1.54, 1.807) is 0 Å². The Bertz CT molecular complexity index is 508. The molecule has 0 amide bonds. The van der Waals surface area contributed by atoms with Crippen molar-refractivity contribution in [3.8, 4) is 0 Å². The van der Waals surface area contributed by atoms with Gasteiger partial charge in [-0.3, -0.25) is 4.98 Å². The Morgan fingerprint density at radius 3 is 2.67 bits per heavy atom. The maximum absolute atomic E-state index is 4.30. The number of benzene rings is 1. The standard InChI is InChI=1S/C15H17BrN2/c1-11-7-8-13(9-17-11)10-18-12(2)14-5-3-4-6-15(14)16/h3-9,12,18H,10H2,1-2H3. The molecule has 0 spiro atoms. The van der Waals surface area contributed by atoms with Gasteiger partial charge in [0.2, 0.25) is 0 Å². The van der Waals surface area contributed by atoms with E-state index in [4.69, 9.17) is 0 Å². The molecule has 0 radical (unpaired) electrons. The zero-order valence-electron chi connectivity index (χ0n) is 10.7. The lowest BCUT2D eigenvalue weighted by Crippen LogP contribution is -2.18. The normalized spacial score (nSPS) is 12.4. The number of nitrogens with zero attached hydrogens (tertiary/aromatic N) is 1. The number of halogens is 1. The van der Waals surface area contributed by atoms with E-state index >= 15 is 0 Å². The minimum absolute atomic E-state index is 0.307. The van der Waals surface area contributed by atoms with Crippen molar-refractivity contribution in [3.05, 3.63) is 63.9 Å².